The molecular formula is C25H27N4+. The maximum Gasteiger partial charge on any atom is 0.196 e. The van der Waals surface area contributed by atoms with Crippen LogP contribution in [0.4, 0.5) is 0 Å². The number of hydrogen-bond donors (Lipinski definition) is 0. The summed E-state index contributed by atoms with van der Waals surface area (Å²) in [6.45, 7) is 11.8. The standard InChI is InChI=1S/C25H27N4/c1-15-13-18-22(26-20-14-16-9-7-8-10-17(16)28(18)20)21-23(15)29-19(11-12-27(29)6)24(2,3)25(21,4)5/h7-13H,14H2,1-6H3/q+1. The molecule has 2 aromatic heterocycles. The van der Waals surface area contributed by atoms with Gasteiger partial charge in [0.25, 0.3) is 0 Å². The first-order valence-corrected chi connectivity index (χ1v) is 10.5. The van der Waals surface area contributed by atoms with Crippen LogP contribution in [-0.4, -0.2) is 14.2 Å². The number of imidazole rings is 1. The Morgan fingerprint density at radius 2 is 1.79 bits per heavy atom. The predicted molar refractivity (Wildman–Crippen MR) is 115 cm³/mol. The summed E-state index contributed by atoms with van der Waals surface area (Å²) in [5.74, 6) is 1.16. The van der Waals surface area contributed by atoms with Crippen molar-refractivity contribution in [2.75, 3.05) is 0 Å². The number of aryl methyl sites for hydroxylation is 2. The first kappa shape index (κ1) is 17.0. The lowest BCUT2D eigenvalue weighted by molar-refractivity contribution is -0.745. The van der Waals surface area contributed by atoms with Crippen LogP contribution < -0.4 is 4.68 Å². The average molecular weight is 384 g/mol. The lowest BCUT2D eigenvalue weighted by atomic mass is 9.60. The van der Waals surface area contributed by atoms with Crippen LogP contribution in [0.3, 0.4) is 0 Å². The van der Waals surface area contributed by atoms with E-state index in [9.17, 15) is 0 Å². The Balaban J connectivity index is 1.79. The number of rotatable bonds is 0. The van der Waals surface area contributed by atoms with Crippen molar-refractivity contribution in [2.45, 2.75) is 51.9 Å². The van der Waals surface area contributed by atoms with Crippen molar-refractivity contribution in [1.29, 1.82) is 0 Å². The summed E-state index contributed by atoms with van der Waals surface area (Å²) in [6, 6.07) is 13.3. The van der Waals surface area contributed by atoms with Gasteiger partial charge in [0.15, 0.2) is 13.2 Å². The minimum Gasteiger partial charge on any atom is -0.296 e. The Hall–Kier alpha value is -2.88. The highest BCUT2D eigenvalue weighted by Crippen LogP contribution is 2.52. The quantitative estimate of drug-likeness (QED) is 0.364. The molecule has 0 amide bonds. The van der Waals surface area contributed by atoms with Crippen LogP contribution in [0.2, 0.25) is 0 Å². The molecule has 0 fully saturated rings. The van der Waals surface area contributed by atoms with E-state index in [4.69, 9.17) is 4.98 Å². The van der Waals surface area contributed by atoms with Crippen LogP contribution >= 0.6 is 0 Å². The van der Waals surface area contributed by atoms with E-state index in [0.717, 1.165) is 17.8 Å². The lowest BCUT2D eigenvalue weighted by Crippen LogP contribution is -2.51. The molecule has 0 saturated heterocycles. The normalized spacial score (nSPS) is 17.7. The van der Waals surface area contributed by atoms with Gasteiger partial charge in [-0.2, -0.15) is 0 Å². The molecule has 0 unspecified atom stereocenters. The zero-order valence-corrected chi connectivity index (χ0v) is 18.0. The van der Waals surface area contributed by atoms with Gasteiger partial charge >= 0.3 is 0 Å². The molecule has 0 bridgehead atoms. The monoisotopic (exact) mass is 383 g/mol. The third-order valence-corrected chi connectivity index (χ3v) is 7.80. The number of aromatic nitrogens is 4. The summed E-state index contributed by atoms with van der Waals surface area (Å²) >= 11 is 0. The van der Waals surface area contributed by atoms with Crippen LogP contribution in [0.25, 0.3) is 22.4 Å². The molecule has 4 heterocycles. The molecule has 146 valence electrons. The van der Waals surface area contributed by atoms with Gasteiger partial charge in [-0.1, -0.05) is 45.9 Å². The number of hydrogen-bond acceptors (Lipinski definition) is 1. The topological polar surface area (TPSA) is 26.6 Å². The van der Waals surface area contributed by atoms with E-state index in [0.29, 0.717) is 0 Å². The molecule has 0 saturated carbocycles. The molecule has 0 spiro atoms. The van der Waals surface area contributed by atoms with E-state index in [2.05, 4.69) is 98.2 Å². The van der Waals surface area contributed by atoms with Gasteiger partial charge in [-0.15, -0.1) is 9.36 Å². The zero-order chi connectivity index (χ0) is 20.3. The molecule has 2 aromatic carbocycles. The van der Waals surface area contributed by atoms with Gasteiger partial charge in [0.05, 0.1) is 22.4 Å². The van der Waals surface area contributed by atoms with Crippen molar-refractivity contribution in [3.8, 4) is 11.4 Å². The molecule has 4 heteroatoms. The summed E-state index contributed by atoms with van der Waals surface area (Å²) in [5.41, 5.74) is 10.3. The summed E-state index contributed by atoms with van der Waals surface area (Å²) in [4.78, 5) is 5.25. The smallest absolute Gasteiger partial charge is 0.196 e. The molecule has 0 N–H and O–H groups in total. The number of fused-ring (bicyclic) bond motifs is 9. The molecule has 2 aliphatic heterocycles. The van der Waals surface area contributed by atoms with Crippen molar-refractivity contribution >= 4 is 11.0 Å². The summed E-state index contributed by atoms with van der Waals surface area (Å²) in [5, 5.41) is 0. The Labute approximate surface area is 171 Å². The highest BCUT2D eigenvalue weighted by molar-refractivity contribution is 5.89. The second kappa shape index (κ2) is 4.99. The van der Waals surface area contributed by atoms with Gasteiger partial charge in [-0.25, -0.2) is 4.98 Å². The molecule has 0 aliphatic carbocycles. The van der Waals surface area contributed by atoms with Crippen LogP contribution in [-0.2, 0) is 24.3 Å². The highest BCUT2D eigenvalue weighted by Gasteiger charge is 2.51. The van der Waals surface area contributed by atoms with Crippen molar-refractivity contribution in [3.05, 3.63) is 70.8 Å². The molecule has 4 aromatic rings. The Morgan fingerprint density at radius 1 is 1.03 bits per heavy atom. The zero-order valence-electron chi connectivity index (χ0n) is 18.0. The van der Waals surface area contributed by atoms with Gasteiger partial charge in [0.1, 0.15) is 11.5 Å². The van der Waals surface area contributed by atoms with E-state index in [1.807, 2.05) is 0 Å². The SMILES string of the molecule is Cc1cc2c(nc3n2-c2ccccc2C3)c2c1-n1c(cc[n+]1C)C(C)(C)C2(C)C. The number of benzene rings is 2. The van der Waals surface area contributed by atoms with E-state index in [-0.39, 0.29) is 10.8 Å². The first-order valence-electron chi connectivity index (χ1n) is 10.5. The molecular weight excluding hydrogens is 356 g/mol. The van der Waals surface area contributed by atoms with Gasteiger partial charge in [0.2, 0.25) is 0 Å². The van der Waals surface area contributed by atoms with E-state index in [1.54, 1.807) is 0 Å². The van der Waals surface area contributed by atoms with Crippen LogP contribution in [0.5, 0.6) is 0 Å². The van der Waals surface area contributed by atoms with Gasteiger partial charge in [-0.05, 0) is 30.2 Å². The van der Waals surface area contributed by atoms with Gasteiger partial charge in [-0.3, -0.25) is 4.57 Å². The molecule has 0 radical (unpaired) electrons. The predicted octanol–water partition coefficient (Wildman–Crippen LogP) is 4.42. The Kier molecular flexibility index (Phi) is 2.93. The van der Waals surface area contributed by atoms with E-state index in [1.165, 1.54) is 39.3 Å². The van der Waals surface area contributed by atoms with Crippen LogP contribution in [0.1, 0.15) is 55.9 Å². The van der Waals surface area contributed by atoms with E-state index >= 15 is 0 Å². The van der Waals surface area contributed by atoms with Crippen molar-refractivity contribution < 1.29 is 4.68 Å². The average Bonchev–Trinajstić information content (AvgIpc) is 3.31. The third kappa shape index (κ3) is 1.81. The van der Waals surface area contributed by atoms with E-state index < -0.39 is 0 Å². The van der Waals surface area contributed by atoms with Crippen LogP contribution in [0, 0.1) is 6.92 Å². The van der Waals surface area contributed by atoms with Gasteiger partial charge in [0, 0.05) is 28.9 Å². The highest BCUT2D eigenvalue weighted by atomic mass is 15.4. The minimum atomic E-state index is -0.0525. The maximum absolute atomic E-state index is 5.25. The first-order chi connectivity index (χ1) is 13.7. The molecule has 4 nitrogen and oxygen atoms in total. The van der Waals surface area contributed by atoms with Crippen molar-refractivity contribution in [1.82, 2.24) is 14.2 Å². The molecule has 6 rings (SSSR count). The third-order valence-electron chi connectivity index (χ3n) is 7.80. The second-order valence-electron chi connectivity index (χ2n) is 9.79. The Morgan fingerprint density at radius 3 is 2.59 bits per heavy atom. The second-order valence-corrected chi connectivity index (χ2v) is 9.79. The summed E-state index contributed by atoms with van der Waals surface area (Å²) in [6.07, 6.45) is 3.08. The fraction of sp³-hybridized carbons (Fsp3) is 0.360. The summed E-state index contributed by atoms with van der Waals surface area (Å²) in [7, 11) is 2.13. The summed E-state index contributed by atoms with van der Waals surface area (Å²) < 4.78 is 6.99. The van der Waals surface area contributed by atoms with Crippen LogP contribution in [0.15, 0.2) is 42.6 Å². The van der Waals surface area contributed by atoms with Crippen molar-refractivity contribution in [2.24, 2.45) is 7.05 Å². The van der Waals surface area contributed by atoms with Crippen molar-refractivity contribution in [3.63, 3.8) is 0 Å². The molecule has 0 atom stereocenters. The lowest BCUT2D eigenvalue weighted by Gasteiger charge is -2.46. The largest absolute Gasteiger partial charge is 0.296 e. The van der Waals surface area contributed by atoms with Gasteiger partial charge < -0.3 is 0 Å². The number of nitrogens with zero attached hydrogens (tertiary/aromatic N) is 4. The Bertz CT molecular complexity index is 1350. The fourth-order valence-corrected chi connectivity index (χ4v) is 5.55. The fourth-order valence-electron chi connectivity index (χ4n) is 5.55. The minimum absolute atomic E-state index is 0.0199. The maximum atomic E-state index is 5.25. The molecule has 29 heavy (non-hydrogen) atoms. The molecule has 2 aliphatic rings. The number of para-hydroxylation sites is 1.